The molecule has 3 nitrogen and oxygen atoms in total. The molecule has 0 bridgehead atoms. The molecular formula is C10H9NO2. The summed E-state index contributed by atoms with van der Waals surface area (Å²) in [6.07, 6.45) is 2.37. The molecule has 0 saturated heterocycles. The number of benzene rings is 1. The van der Waals surface area contributed by atoms with E-state index in [0.717, 1.165) is 17.7 Å². The molecule has 0 aromatic heterocycles. The average molecular weight is 175 g/mol. The Morgan fingerprint density at radius 2 is 2.08 bits per heavy atom. The van der Waals surface area contributed by atoms with Gasteiger partial charge in [0.25, 0.3) is 0 Å². The summed E-state index contributed by atoms with van der Waals surface area (Å²) in [7, 11) is 0. The van der Waals surface area contributed by atoms with Crippen molar-refractivity contribution in [3.05, 3.63) is 42.2 Å². The molecular weight excluding hydrogens is 166 g/mol. The molecule has 1 heterocycles. The number of hydrogen-bond donors (Lipinski definition) is 0. The van der Waals surface area contributed by atoms with Crippen LogP contribution < -0.4 is 0 Å². The second-order valence-electron chi connectivity index (χ2n) is 2.74. The van der Waals surface area contributed by atoms with Crippen LogP contribution in [0.15, 0.2) is 36.6 Å². The third-order valence-electron chi connectivity index (χ3n) is 1.91. The normalized spacial score (nSPS) is 15.1. The molecule has 2 rings (SSSR count). The molecule has 1 aromatic carbocycles. The van der Waals surface area contributed by atoms with Gasteiger partial charge in [0.2, 0.25) is 6.41 Å². The third kappa shape index (κ3) is 1.40. The minimum Gasteiger partial charge on any atom is -0.478 e. The minimum atomic E-state index is 0.313. The van der Waals surface area contributed by atoms with Crippen molar-refractivity contribution >= 4 is 12.1 Å². The van der Waals surface area contributed by atoms with Crippen molar-refractivity contribution in [1.82, 2.24) is 4.90 Å². The molecule has 3 heteroatoms. The summed E-state index contributed by atoms with van der Waals surface area (Å²) < 4.78 is 5.05. The quantitative estimate of drug-likeness (QED) is 0.636. The van der Waals surface area contributed by atoms with Gasteiger partial charge in [0.15, 0.2) is 6.73 Å². The molecule has 66 valence electrons. The first-order valence-corrected chi connectivity index (χ1v) is 4.01. The highest BCUT2D eigenvalue weighted by Crippen LogP contribution is 2.21. The largest absolute Gasteiger partial charge is 0.478 e. The average Bonchev–Trinajstić information content (AvgIpc) is 2.67. The summed E-state index contributed by atoms with van der Waals surface area (Å²) in [5, 5.41) is 0. The Hall–Kier alpha value is -1.77. The fourth-order valence-electron chi connectivity index (χ4n) is 1.26. The van der Waals surface area contributed by atoms with E-state index in [1.165, 1.54) is 4.90 Å². The lowest BCUT2D eigenvalue weighted by Crippen LogP contribution is -2.16. The van der Waals surface area contributed by atoms with Crippen LogP contribution in [0, 0.1) is 0 Å². The zero-order valence-corrected chi connectivity index (χ0v) is 7.01. The fourth-order valence-corrected chi connectivity index (χ4v) is 1.26. The van der Waals surface area contributed by atoms with Crippen molar-refractivity contribution in [3.8, 4) is 0 Å². The van der Waals surface area contributed by atoms with E-state index in [9.17, 15) is 4.79 Å². The van der Waals surface area contributed by atoms with Gasteiger partial charge >= 0.3 is 0 Å². The molecule has 0 atom stereocenters. The van der Waals surface area contributed by atoms with Crippen molar-refractivity contribution in [3.63, 3.8) is 0 Å². The maximum atomic E-state index is 10.6. The van der Waals surface area contributed by atoms with Gasteiger partial charge in [-0.25, -0.2) is 0 Å². The van der Waals surface area contributed by atoms with Crippen LogP contribution in [0.2, 0.25) is 0 Å². The molecule has 0 saturated carbocycles. The van der Waals surface area contributed by atoms with E-state index in [-0.39, 0.29) is 0 Å². The van der Waals surface area contributed by atoms with E-state index in [0.29, 0.717) is 6.73 Å². The molecule has 0 N–H and O–H groups in total. The van der Waals surface area contributed by atoms with Crippen LogP contribution in [0.3, 0.4) is 0 Å². The summed E-state index contributed by atoms with van der Waals surface area (Å²) in [4.78, 5) is 12.1. The molecule has 1 aromatic rings. The Morgan fingerprint density at radius 1 is 1.31 bits per heavy atom. The molecule has 1 aliphatic heterocycles. The van der Waals surface area contributed by atoms with Gasteiger partial charge in [-0.15, -0.1) is 0 Å². The Kier molecular flexibility index (Phi) is 2.00. The Labute approximate surface area is 76.2 Å². The van der Waals surface area contributed by atoms with Crippen LogP contribution >= 0.6 is 0 Å². The maximum absolute atomic E-state index is 10.6. The van der Waals surface area contributed by atoms with Crippen LogP contribution in [0.25, 0.3) is 5.70 Å². The van der Waals surface area contributed by atoms with Gasteiger partial charge in [-0.05, 0) is 0 Å². The first-order chi connectivity index (χ1) is 6.42. The van der Waals surface area contributed by atoms with Crippen molar-refractivity contribution in [2.75, 3.05) is 6.73 Å². The van der Waals surface area contributed by atoms with E-state index in [1.807, 2.05) is 30.3 Å². The Morgan fingerprint density at radius 3 is 2.77 bits per heavy atom. The lowest BCUT2D eigenvalue weighted by atomic mass is 10.2. The molecule has 0 aliphatic carbocycles. The van der Waals surface area contributed by atoms with Crippen LogP contribution in [-0.4, -0.2) is 18.0 Å². The van der Waals surface area contributed by atoms with Gasteiger partial charge in [-0.3, -0.25) is 9.69 Å². The van der Waals surface area contributed by atoms with Crippen molar-refractivity contribution in [1.29, 1.82) is 0 Å². The summed E-state index contributed by atoms with van der Waals surface area (Å²) in [5.74, 6) is 0. The van der Waals surface area contributed by atoms with Crippen molar-refractivity contribution < 1.29 is 9.53 Å². The van der Waals surface area contributed by atoms with Crippen molar-refractivity contribution in [2.24, 2.45) is 0 Å². The SMILES string of the molecule is O=CN1COC=C1c1ccccc1. The first kappa shape index (κ1) is 7.86. The molecule has 1 amide bonds. The molecule has 0 fully saturated rings. The molecule has 0 radical (unpaired) electrons. The monoisotopic (exact) mass is 175 g/mol. The van der Waals surface area contributed by atoms with Gasteiger partial charge in [0.05, 0.1) is 5.70 Å². The zero-order chi connectivity index (χ0) is 9.10. The van der Waals surface area contributed by atoms with E-state index in [2.05, 4.69) is 0 Å². The van der Waals surface area contributed by atoms with E-state index < -0.39 is 0 Å². The van der Waals surface area contributed by atoms with Crippen LogP contribution in [0.1, 0.15) is 5.56 Å². The molecule has 0 unspecified atom stereocenters. The summed E-state index contributed by atoms with van der Waals surface area (Å²) in [5.41, 5.74) is 1.81. The van der Waals surface area contributed by atoms with Gasteiger partial charge in [-0.1, -0.05) is 30.3 Å². The fraction of sp³-hybridized carbons (Fsp3) is 0.100. The van der Waals surface area contributed by atoms with Gasteiger partial charge in [0, 0.05) is 5.56 Å². The lowest BCUT2D eigenvalue weighted by molar-refractivity contribution is -0.116. The van der Waals surface area contributed by atoms with Crippen LogP contribution in [0.5, 0.6) is 0 Å². The second kappa shape index (κ2) is 3.31. The highest BCUT2D eigenvalue weighted by Gasteiger charge is 2.16. The van der Waals surface area contributed by atoms with E-state index in [1.54, 1.807) is 6.26 Å². The standard InChI is InChI=1S/C10H9NO2/c12-7-11-8-13-6-10(11)9-4-2-1-3-5-9/h1-7H,8H2. The third-order valence-corrected chi connectivity index (χ3v) is 1.91. The number of ether oxygens (including phenoxy) is 1. The van der Waals surface area contributed by atoms with Gasteiger partial charge < -0.3 is 4.74 Å². The summed E-state index contributed by atoms with van der Waals surface area (Å²) in [6, 6.07) is 9.67. The predicted molar refractivity (Wildman–Crippen MR) is 48.3 cm³/mol. The second-order valence-corrected chi connectivity index (χ2v) is 2.74. The van der Waals surface area contributed by atoms with Crippen molar-refractivity contribution in [2.45, 2.75) is 0 Å². The first-order valence-electron chi connectivity index (χ1n) is 4.01. The minimum absolute atomic E-state index is 0.313. The number of amides is 1. The predicted octanol–water partition coefficient (Wildman–Crippen LogP) is 1.43. The summed E-state index contributed by atoms with van der Waals surface area (Å²) >= 11 is 0. The summed E-state index contributed by atoms with van der Waals surface area (Å²) in [6.45, 7) is 0.313. The number of hydrogen-bond acceptors (Lipinski definition) is 2. The van der Waals surface area contributed by atoms with Crippen LogP contribution in [0.4, 0.5) is 0 Å². The number of carbonyl (C=O) groups is 1. The van der Waals surface area contributed by atoms with E-state index in [4.69, 9.17) is 4.74 Å². The van der Waals surface area contributed by atoms with Crippen LogP contribution in [-0.2, 0) is 9.53 Å². The van der Waals surface area contributed by atoms with Gasteiger partial charge in [0.1, 0.15) is 6.26 Å². The molecule has 0 spiro atoms. The Bertz CT molecular complexity index is 332. The molecule has 1 aliphatic rings. The zero-order valence-electron chi connectivity index (χ0n) is 7.01. The smallest absolute Gasteiger partial charge is 0.216 e. The number of carbonyl (C=O) groups excluding carboxylic acids is 1. The topological polar surface area (TPSA) is 29.5 Å². The Balaban J connectivity index is 2.31. The highest BCUT2D eigenvalue weighted by atomic mass is 16.5. The van der Waals surface area contributed by atoms with E-state index >= 15 is 0 Å². The number of nitrogens with zero attached hydrogens (tertiary/aromatic N) is 1. The highest BCUT2D eigenvalue weighted by molar-refractivity contribution is 5.74. The lowest BCUT2D eigenvalue weighted by Gasteiger charge is -2.10. The maximum Gasteiger partial charge on any atom is 0.216 e. The molecule has 13 heavy (non-hydrogen) atoms. The number of rotatable bonds is 2. The van der Waals surface area contributed by atoms with Gasteiger partial charge in [-0.2, -0.15) is 0 Å².